The van der Waals surface area contributed by atoms with Crippen LogP contribution in [0.2, 0.25) is 0 Å². The number of alkyl carbamates (subject to hydrolysis) is 1. The molecule has 1 aliphatic rings. The highest BCUT2D eigenvalue weighted by atomic mass is 16.6. The summed E-state index contributed by atoms with van der Waals surface area (Å²) in [5, 5.41) is 13.4. The van der Waals surface area contributed by atoms with Crippen molar-refractivity contribution in [2.45, 2.75) is 19.9 Å². The van der Waals surface area contributed by atoms with Gasteiger partial charge in [0.15, 0.2) is 0 Å². The number of nitro groups is 1. The third-order valence-electron chi connectivity index (χ3n) is 2.83. The number of cyclic esters (lactones) is 1. The van der Waals surface area contributed by atoms with E-state index in [-0.39, 0.29) is 18.3 Å². The van der Waals surface area contributed by atoms with Crippen LogP contribution in [0.15, 0.2) is 12.1 Å². The van der Waals surface area contributed by atoms with E-state index in [0.717, 1.165) is 11.1 Å². The van der Waals surface area contributed by atoms with Crippen LogP contribution in [0.5, 0.6) is 0 Å². The lowest BCUT2D eigenvalue weighted by molar-refractivity contribution is -0.385. The molecule has 1 atom stereocenters. The Bertz CT molecular complexity index is 498. The Balaban J connectivity index is 2.39. The minimum Gasteiger partial charge on any atom is -0.447 e. The van der Waals surface area contributed by atoms with Gasteiger partial charge in [-0.1, -0.05) is 0 Å². The SMILES string of the molecule is Cc1cc([N+](=O)[O-])c(C)cc1C1COC(=O)N1. The number of nitrogens with one attached hydrogen (secondary N) is 1. The van der Waals surface area contributed by atoms with E-state index in [2.05, 4.69) is 5.32 Å². The fourth-order valence-electron chi connectivity index (χ4n) is 1.95. The first-order chi connectivity index (χ1) is 7.99. The van der Waals surface area contributed by atoms with Gasteiger partial charge in [-0.05, 0) is 31.0 Å². The van der Waals surface area contributed by atoms with Crippen molar-refractivity contribution in [1.82, 2.24) is 5.32 Å². The number of aryl methyl sites for hydroxylation is 2. The summed E-state index contributed by atoms with van der Waals surface area (Å²) in [7, 11) is 0. The average molecular weight is 236 g/mol. The lowest BCUT2D eigenvalue weighted by Gasteiger charge is -2.12. The van der Waals surface area contributed by atoms with Gasteiger partial charge in [0.05, 0.1) is 11.0 Å². The second kappa shape index (κ2) is 4.04. The van der Waals surface area contributed by atoms with Gasteiger partial charge in [0.2, 0.25) is 0 Å². The number of nitrogens with zero attached hydrogens (tertiary/aromatic N) is 1. The molecular formula is C11H12N2O4. The maximum atomic E-state index is 11.0. The number of hydrogen-bond acceptors (Lipinski definition) is 4. The number of ether oxygens (including phenoxy) is 1. The maximum Gasteiger partial charge on any atom is 0.407 e. The molecule has 1 fully saturated rings. The van der Waals surface area contributed by atoms with Crippen molar-refractivity contribution in [2.75, 3.05) is 6.61 Å². The predicted molar refractivity (Wildman–Crippen MR) is 59.8 cm³/mol. The fourth-order valence-corrected chi connectivity index (χ4v) is 1.95. The zero-order valence-corrected chi connectivity index (χ0v) is 9.52. The lowest BCUT2D eigenvalue weighted by Crippen LogP contribution is -2.19. The van der Waals surface area contributed by atoms with E-state index in [1.54, 1.807) is 19.9 Å². The van der Waals surface area contributed by atoms with Gasteiger partial charge in [0.1, 0.15) is 6.61 Å². The van der Waals surface area contributed by atoms with Crippen molar-refractivity contribution in [3.05, 3.63) is 38.9 Å². The van der Waals surface area contributed by atoms with Crippen LogP contribution in [0, 0.1) is 24.0 Å². The van der Waals surface area contributed by atoms with E-state index in [9.17, 15) is 14.9 Å². The van der Waals surface area contributed by atoms with Crippen LogP contribution >= 0.6 is 0 Å². The van der Waals surface area contributed by atoms with Crippen LogP contribution in [-0.2, 0) is 4.74 Å². The molecule has 1 unspecified atom stereocenters. The number of carbonyl (C=O) groups is 1. The van der Waals surface area contributed by atoms with E-state index < -0.39 is 11.0 Å². The van der Waals surface area contributed by atoms with Crippen molar-refractivity contribution in [3.8, 4) is 0 Å². The molecule has 1 aromatic carbocycles. The molecule has 1 aliphatic heterocycles. The van der Waals surface area contributed by atoms with E-state index in [1.165, 1.54) is 6.07 Å². The molecule has 1 aromatic rings. The summed E-state index contributed by atoms with van der Waals surface area (Å²) in [5.74, 6) is 0. The third kappa shape index (κ3) is 2.06. The van der Waals surface area contributed by atoms with Crippen LogP contribution < -0.4 is 5.32 Å². The molecule has 1 heterocycles. The van der Waals surface area contributed by atoms with E-state index in [4.69, 9.17) is 4.74 Å². The topological polar surface area (TPSA) is 81.5 Å². The summed E-state index contributed by atoms with van der Waals surface area (Å²) in [6.45, 7) is 3.72. The predicted octanol–water partition coefficient (Wildman–Crippen LogP) is 1.99. The zero-order chi connectivity index (χ0) is 12.6. The normalized spacial score (nSPS) is 18.7. The van der Waals surface area contributed by atoms with E-state index in [0.29, 0.717) is 5.56 Å². The summed E-state index contributed by atoms with van der Waals surface area (Å²) in [5.41, 5.74) is 2.31. The van der Waals surface area contributed by atoms with E-state index in [1.807, 2.05) is 0 Å². The molecule has 0 saturated carbocycles. The van der Waals surface area contributed by atoms with Crippen molar-refractivity contribution in [2.24, 2.45) is 0 Å². The molecule has 1 amide bonds. The van der Waals surface area contributed by atoms with E-state index >= 15 is 0 Å². The van der Waals surface area contributed by atoms with Crippen molar-refractivity contribution in [1.29, 1.82) is 0 Å². The molecule has 0 spiro atoms. The monoisotopic (exact) mass is 236 g/mol. The van der Waals surface area contributed by atoms with Gasteiger partial charge in [-0.25, -0.2) is 4.79 Å². The molecule has 6 nitrogen and oxygen atoms in total. The smallest absolute Gasteiger partial charge is 0.407 e. The highest BCUT2D eigenvalue weighted by molar-refractivity contribution is 5.70. The fraction of sp³-hybridized carbons (Fsp3) is 0.364. The minimum absolute atomic E-state index is 0.0940. The van der Waals surface area contributed by atoms with Crippen LogP contribution in [-0.4, -0.2) is 17.6 Å². The summed E-state index contributed by atoms with van der Waals surface area (Å²) in [4.78, 5) is 21.3. The molecule has 90 valence electrons. The minimum atomic E-state index is -0.453. The second-order valence-electron chi connectivity index (χ2n) is 4.05. The van der Waals surface area contributed by atoms with Crippen molar-refractivity contribution < 1.29 is 14.5 Å². The summed E-state index contributed by atoms with van der Waals surface area (Å²) < 4.78 is 4.81. The molecule has 0 aromatic heterocycles. The highest BCUT2D eigenvalue weighted by Crippen LogP contribution is 2.28. The first-order valence-electron chi connectivity index (χ1n) is 5.18. The van der Waals surface area contributed by atoms with Gasteiger partial charge in [0.25, 0.3) is 5.69 Å². The molecule has 17 heavy (non-hydrogen) atoms. The number of amides is 1. The summed E-state index contributed by atoms with van der Waals surface area (Å²) >= 11 is 0. The number of nitro benzene ring substituents is 1. The Hall–Kier alpha value is -2.11. The largest absolute Gasteiger partial charge is 0.447 e. The van der Waals surface area contributed by atoms with Gasteiger partial charge in [-0.3, -0.25) is 10.1 Å². The molecule has 2 rings (SSSR count). The maximum absolute atomic E-state index is 11.0. The van der Waals surface area contributed by atoms with Gasteiger partial charge in [0, 0.05) is 11.6 Å². The first-order valence-corrected chi connectivity index (χ1v) is 5.18. The molecular weight excluding hydrogens is 224 g/mol. The Morgan fingerprint density at radius 2 is 2.12 bits per heavy atom. The molecule has 1 N–H and O–H groups in total. The van der Waals surface area contributed by atoms with Gasteiger partial charge < -0.3 is 10.1 Å². The third-order valence-corrected chi connectivity index (χ3v) is 2.83. The van der Waals surface area contributed by atoms with Crippen molar-refractivity contribution in [3.63, 3.8) is 0 Å². The van der Waals surface area contributed by atoms with Gasteiger partial charge in [-0.15, -0.1) is 0 Å². The Morgan fingerprint density at radius 3 is 2.65 bits per heavy atom. The van der Waals surface area contributed by atoms with Crippen molar-refractivity contribution >= 4 is 11.8 Å². The van der Waals surface area contributed by atoms with Gasteiger partial charge in [-0.2, -0.15) is 0 Å². The van der Waals surface area contributed by atoms with Crippen LogP contribution in [0.25, 0.3) is 0 Å². The Morgan fingerprint density at radius 1 is 1.41 bits per heavy atom. The second-order valence-corrected chi connectivity index (χ2v) is 4.05. The number of carbonyl (C=O) groups excluding carboxylic acids is 1. The number of benzene rings is 1. The highest BCUT2D eigenvalue weighted by Gasteiger charge is 2.26. The van der Waals surface area contributed by atoms with Crippen LogP contribution in [0.4, 0.5) is 10.5 Å². The average Bonchev–Trinajstić information content (AvgIpc) is 2.67. The number of rotatable bonds is 2. The lowest BCUT2D eigenvalue weighted by atomic mass is 9.98. The Labute approximate surface area is 97.7 Å². The summed E-state index contributed by atoms with van der Waals surface area (Å²) in [6.07, 6.45) is -0.453. The molecule has 6 heteroatoms. The summed E-state index contributed by atoms with van der Waals surface area (Å²) in [6, 6.07) is 3.03. The zero-order valence-electron chi connectivity index (χ0n) is 9.52. The van der Waals surface area contributed by atoms with Crippen LogP contribution in [0.1, 0.15) is 22.7 Å². The molecule has 0 radical (unpaired) electrons. The molecule has 0 aliphatic carbocycles. The molecule has 1 saturated heterocycles. The number of hydrogen-bond donors (Lipinski definition) is 1. The standard InChI is InChI=1S/C11H12N2O4/c1-6-4-10(13(15)16)7(2)3-8(6)9-5-17-11(14)12-9/h3-4,9H,5H2,1-2H3,(H,12,14). The first kappa shape index (κ1) is 11.4. The van der Waals surface area contributed by atoms with Crippen LogP contribution in [0.3, 0.4) is 0 Å². The molecule has 0 bridgehead atoms. The van der Waals surface area contributed by atoms with Gasteiger partial charge >= 0.3 is 6.09 Å². The Kier molecular flexibility index (Phi) is 2.71. The quantitative estimate of drug-likeness (QED) is 0.628.